The Kier molecular flexibility index (Phi) is 10.9. The van der Waals surface area contributed by atoms with Crippen molar-refractivity contribution in [2.75, 3.05) is 0 Å². The predicted octanol–water partition coefficient (Wildman–Crippen LogP) is 25.3. The summed E-state index contributed by atoms with van der Waals surface area (Å²) in [4.78, 5) is 0. The van der Waals surface area contributed by atoms with Gasteiger partial charge in [0, 0.05) is 0 Å². The molecule has 0 aromatic heterocycles. The Labute approximate surface area is 536 Å². The van der Waals surface area contributed by atoms with Crippen LogP contribution in [0.25, 0.3) is 196 Å². The van der Waals surface area contributed by atoms with Gasteiger partial charge < -0.3 is 5.41 Å². The summed E-state index contributed by atoms with van der Waals surface area (Å²) in [6.45, 7) is 33.9. The molecule has 0 unspecified atom stereocenters. The van der Waals surface area contributed by atoms with Crippen molar-refractivity contribution in [1.29, 1.82) is 5.26 Å². The Bertz CT molecular complexity index is 6070. The molecule has 0 saturated heterocycles. The van der Waals surface area contributed by atoms with E-state index < -0.39 is 0 Å². The molecule has 0 saturated carbocycles. The smallest absolute Gasteiger partial charge is 0.106 e. The monoisotopic (exact) mass is 1180 g/mol. The third-order valence-corrected chi connectivity index (χ3v) is 21.9. The van der Waals surface area contributed by atoms with Crippen molar-refractivity contribution in [2.24, 2.45) is 0 Å². The van der Waals surface area contributed by atoms with Crippen molar-refractivity contribution in [1.82, 2.24) is 0 Å². The molecule has 18 rings (SSSR count). The van der Waals surface area contributed by atoms with Crippen LogP contribution in [-0.4, -0.2) is 5.87 Å². The van der Waals surface area contributed by atoms with Gasteiger partial charge in [0.05, 0.1) is 5.57 Å². The summed E-state index contributed by atoms with van der Waals surface area (Å²) in [5, 5.41) is 52.0. The van der Waals surface area contributed by atoms with Crippen molar-refractivity contribution in [3.8, 4) is 61.7 Å². The molecule has 92 heavy (non-hydrogen) atoms. The lowest BCUT2D eigenvalue weighted by atomic mass is 9.71. The van der Waals surface area contributed by atoms with Crippen molar-refractivity contribution >= 4 is 141 Å². The molecule has 0 fully saturated rings. The van der Waals surface area contributed by atoms with Crippen LogP contribution in [0.1, 0.15) is 89.0 Å². The minimum atomic E-state index is 0.109. The van der Waals surface area contributed by atoms with E-state index in [2.05, 4.69) is 249 Å². The molecule has 0 amide bonds. The Morgan fingerprint density at radius 2 is 0.380 bits per heavy atom. The SMILES string of the molecule is Cc1cc(C)c(-c2cc3c4cc(C(=C=[N-])C#N)cc5c6cc(-c7c(C)cc(C)cc7C)cc7c8cc(-c9c(C)cc(C)cc9C)cc9c%10cc(-c%11c(C)cc(C)cc%11C)cc%11c%12cc(-c%13c(C)cc(C)cc%13C)cc%13c(c2)c3c2c(c45)c(c67)c(c89)c(c%11%10)c2c%13%12)c(C)c1. The van der Waals surface area contributed by atoms with E-state index in [1.165, 1.54) is 236 Å². The van der Waals surface area contributed by atoms with Crippen LogP contribution in [-0.2, 0) is 0 Å². The first-order valence-electron chi connectivity index (χ1n) is 32.6. The lowest BCUT2D eigenvalue weighted by Crippen LogP contribution is -2.03. The molecule has 2 heteroatoms. The predicted molar refractivity (Wildman–Crippen MR) is 399 cm³/mol. The fourth-order valence-electron chi connectivity index (χ4n) is 19.5. The van der Waals surface area contributed by atoms with Crippen LogP contribution in [0.5, 0.6) is 0 Å². The van der Waals surface area contributed by atoms with Gasteiger partial charge in [-0.05, 0) is 423 Å². The largest absolute Gasteiger partial charge is 0.762 e. The van der Waals surface area contributed by atoms with Gasteiger partial charge in [-0.2, -0.15) is 5.26 Å². The molecule has 0 aliphatic rings. The zero-order valence-electron chi connectivity index (χ0n) is 55.1. The van der Waals surface area contributed by atoms with Gasteiger partial charge in [-0.3, -0.25) is 0 Å². The standard InChI is InChI=1S/C90H67N2/c1-40-16-45(6)74(46(7)17-40)56-28-64-62-26-55(61(38-91)39-92)27-63-65-29-57(75-47(8)18-41(2)19-48(75)9)31-67-69-33-59(77-51(12)22-43(4)23-52(77)13)35-71-73-37-60(78-53(14)24-44(5)25-54(78)15)36-72-70-34-58(76-49(10)20-42(3)21-50(76)11)32-68-66(30-56)80(64)86-85(79(62)63)87(81(65)67)89(83(69)71)90(84(72)73)88(86)82(68)70/h16-37H,1-15H3/q-1. The highest BCUT2D eigenvalue weighted by atomic mass is 14.4. The fraction of sp³-hybridized carbons (Fsp3) is 0.167. The topological polar surface area (TPSA) is 46.1 Å². The summed E-state index contributed by atoms with van der Waals surface area (Å²) in [5.41, 5.74) is 31.9. The molecule has 0 heterocycles. The summed E-state index contributed by atoms with van der Waals surface area (Å²) in [7, 11) is 0. The van der Waals surface area contributed by atoms with E-state index in [0.29, 0.717) is 5.56 Å². The van der Waals surface area contributed by atoms with E-state index in [1.807, 2.05) is 0 Å². The Morgan fingerprint density at radius 3 is 0.522 bits per heavy atom. The van der Waals surface area contributed by atoms with E-state index in [0.717, 1.165) is 32.7 Å². The maximum Gasteiger partial charge on any atom is 0.106 e. The summed E-state index contributed by atoms with van der Waals surface area (Å²) >= 11 is 0. The number of hydrogen-bond donors (Lipinski definition) is 0. The fourth-order valence-corrected chi connectivity index (χ4v) is 19.5. The van der Waals surface area contributed by atoms with E-state index in [-0.39, 0.29) is 5.57 Å². The Morgan fingerprint density at radius 1 is 0.228 bits per heavy atom. The lowest BCUT2D eigenvalue weighted by Gasteiger charge is -2.31. The summed E-state index contributed by atoms with van der Waals surface area (Å²) in [6, 6.07) is 55.8. The van der Waals surface area contributed by atoms with Crippen LogP contribution in [0.15, 0.2) is 133 Å². The summed E-state index contributed by atoms with van der Waals surface area (Å²) < 4.78 is 0. The summed E-state index contributed by atoms with van der Waals surface area (Å²) in [6.07, 6.45) is 0. The molecule has 0 atom stereocenters. The van der Waals surface area contributed by atoms with Gasteiger partial charge in [-0.25, -0.2) is 5.87 Å². The minimum absolute atomic E-state index is 0.109. The van der Waals surface area contributed by atoms with Gasteiger partial charge in [0.25, 0.3) is 0 Å². The zero-order valence-corrected chi connectivity index (χ0v) is 55.1. The molecule has 0 N–H and O–H groups in total. The highest BCUT2D eigenvalue weighted by molar-refractivity contribution is 6.61. The molecular weight excluding hydrogens is 1110 g/mol. The van der Waals surface area contributed by atoms with Crippen LogP contribution in [0.2, 0.25) is 0 Å². The molecule has 438 valence electrons. The number of allylic oxidation sites excluding steroid dienone is 1. The number of fused-ring (bicyclic) bond motifs is 6. The summed E-state index contributed by atoms with van der Waals surface area (Å²) in [5.74, 6) is 2.40. The second-order valence-electron chi connectivity index (χ2n) is 28.4. The van der Waals surface area contributed by atoms with Crippen molar-refractivity contribution in [3.63, 3.8) is 0 Å². The van der Waals surface area contributed by atoms with E-state index >= 15 is 0 Å². The first-order chi connectivity index (χ1) is 44.2. The molecule has 0 aliphatic carbocycles. The van der Waals surface area contributed by atoms with Gasteiger partial charge in [-0.1, -0.05) is 88.5 Å². The van der Waals surface area contributed by atoms with Gasteiger partial charge >= 0.3 is 0 Å². The second-order valence-corrected chi connectivity index (χ2v) is 28.4. The number of nitrogens with zero attached hydrogens (tertiary/aromatic N) is 2. The van der Waals surface area contributed by atoms with Crippen molar-refractivity contribution < 1.29 is 0 Å². The van der Waals surface area contributed by atoms with Gasteiger partial charge in [0.1, 0.15) is 6.07 Å². The van der Waals surface area contributed by atoms with Crippen LogP contribution < -0.4 is 0 Å². The molecule has 0 bridgehead atoms. The lowest BCUT2D eigenvalue weighted by molar-refractivity contribution is 1.32. The third kappa shape index (κ3) is 6.97. The number of benzene rings is 18. The molecule has 18 aromatic rings. The first-order valence-corrected chi connectivity index (χ1v) is 32.6. The third-order valence-electron chi connectivity index (χ3n) is 21.9. The zero-order chi connectivity index (χ0) is 63.4. The molecule has 2 nitrogen and oxygen atoms in total. The van der Waals surface area contributed by atoms with Gasteiger partial charge in [-0.15, -0.1) is 0 Å². The van der Waals surface area contributed by atoms with E-state index in [9.17, 15) is 10.7 Å². The minimum Gasteiger partial charge on any atom is -0.762 e. The molecule has 0 radical (unpaired) electrons. The average Bonchev–Trinajstić information content (AvgIpc) is 0.642. The average molecular weight is 1180 g/mol. The maximum absolute atomic E-state index is 11.1. The van der Waals surface area contributed by atoms with Crippen molar-refractivity contribution in [3.05, 3.63) is 228 Å². The van der Waals surface area contributed by atoms with E-state index in [4.69, 9.17) is 0 Å². The molecule has 0 spiro atoms. The molecular formula is C90H67N2-. The first kappa shape index (κ1) is 54.5. The quantitative estimate of drug-likeness (QED) is 0.0708. The van der Waals surface area contributed by atoms with Crippen LogP contribution in [0.3, 0.4) is 0 Å². The van der Waals surface area contributed by atoms with Crippen molar-refractivity contribution in [2.45, 2.75) is 104 Å². The van der Waals surface area contributed by atoms with Crippen LogP contribution in [0, 0.1) is 115 Å². The Hall–Kier alpha value is -10.4. The molecule has 0 aliphatic heterocycles. The number of rotatable bonds is 6. The number of nitriles is 1. The van der Waals surface area contributed by atoms with Crippen LogP contribution in [0.4, 0.5) is 0 Å². The molecule has 18 aromatic carbocycles. The van der Waals surface area contributed by atoms with Crippen LogP contribution >= 0.6 is 0 Å². The number of hydrogen-bond acceptors (Lipinski definition) is 1. The van der Waals surface area contributed by atoms with Gasteiger partial charge in [0.15, 0.2) is 0 Å². The normalized spacial score (nSPS) is 12.5. The highest BCUT2D eigenvalue weighted by Gasteiger charge is 2.34. The Balaban J connectivity index is 1.21. The second kappa shape index (κ2) is 18.4. The maximum atomic E-state index is 11.1. The van der Waals surface area contributed by atoms with Gasteiger partial charge in [0.2, 0.25) is 0 Å². The van der Waals surface area contributed by atoms with E-state index in [1.54, 1.807) is 0 Å². The number of aryl methyl sites for hydroxylation is 15. The highest BCUT2D eigenvalue weighted by Crippen LogP contribution is 2.63.